The topological polar surface area (TPSA) is 47.8 Å². The third kappa shape index (κ3) is 2.68. The monoisotopic (exact) mass is 317 g/mol. The lowest BCUT2D eigenvalue weighted by Gasteiger charge is -2.11. The molecular weight excluding hydrogens is 309 g/mol. The number of halogens is 2. The number of ketones is 1. The molecule has 0 saturated carbocycles. The van der Waals surface area contributed by atoms with Gasteiger partial charge in [0.15, 0.2) is 5.78 Å². The first kappa shape index (κ1) is 13.8. The van der Waals surface area contributed by atoms with Gasteiger partial charge in [-0.1, -0.05) is 29.3 Å². The first-order valence-corrected chi connectivity index (χ1v) is 6.86. The second kappa shape index (κ2) is 5.68. The molecule has 0 saturated heterocycles. The van der Waals surface area contributed by atoms with E-state index in [0.29, 0.717) is 26.9 Å². The highest BCUT2D eigenvalue weighted by molar-refractivity contribution is 6.33. The summed E-state index contributed by atoms with van der Waals surface area (Å²) in [5.74, 6) is -0.141. The summed E-state index contributed by atoms with van der Waals surface area (Å²) >= 11 is 12.1. The van der Waals surface area contributed by atoms with Gasteiger partial charge in [0.2, 0.25) is 0 Å². The zero-order chi connectivity index (χ0) is 14.8. The molecule has 0 aliphatic heterocycles. The zero-order valence-corrected chi connectivity index (χ0v) is 12.2. The van der Waals surface area contributed by atoms with Crippen molar-refractivity contribution in [3.05, 3.63) is 76.3 Å². The van der Waals surface area contributed by atoms with Gasteiger partial charge in [0.25, 0.3) is 0 Å². The van der Waals surface area contributed by atoms with Crippen molar-refractivity contribution in [2.75, 3.05) is 0 Å². The molecule has 0 aliphatic carbocycles. The normalized spacial score (nSPS) is 10.6. The lowest BCUT2D eigenvalue weighted by atomic mass is 10.0. The minimum atomic E-state index is -0.141. The number of hydrogen-bond donors (Lipinski definition) is 0. The molecule has 2 aromatic carbocycles. The van der Waals surface area contributed by atoms with Crippen molar-refractivity contribution in [2.45, 2.75) is 0 Å². The smallest absolute Gasteiger partial charge is 0.195 e. The predicted octanol–water partition coefficient (Wildman–Crippen LogP) is 3.81. The first-order chi connectivity index (χ1) is 10.2. The van der Waals surface area contributed by atoms with Crippen molar-refractivity contribution < 1.29 is 4.79 Å². The third-order valence-electron chi connectivity index (χ3n) is 3.01. The molecule has 0 atom stereocenters. The first-order valence-electron chi connectivity index (χ1n) is 6.10. The summed E-state index contributed by atoms with van der Waals surface area (Å²) in [7, 11) is 0. The fraction of sp³-hybridized carbons (Fsp3) is 0. The summed E-state index contributed by atoms with van der Waals surface area (Å²) in [5.41, 5.74) is 1.57. The highest BCUT2D eigenvalue weighted by atomic mass is 35.5. The molecule has 3 rings (SSSR count). The molecule has 0 unspecified atom stereocenters. The van der Waals surface area contributed by atoms with Crippen molar-refractivity contribution in [3.8, 4) is 5.69 Å². The fourth-order valence-electron chi connectivity index (χ4n) is 2.03. The van der Waals surface area contributed by atoms with E-state index < -0.39 is 0 Å². The van der Waals surface area contributed by atoms with Crippen LogP contribution in [0.25, 0.3) is 5.69 Å². The number of aromatic nitrogens is 3. The van der Waals surface area contributed by atoms with Crippen LogP contribution in [0.4, 0.5) is 0 Å². The average molecular weight is 318 g/mol. The Bertz CT molecular complexity index is 783. The Morgan fingerprint density at radius 3 is 2.29 bits per heavy atom. The van der Waals surface area contributed by atoms with E-state index in [1.54, 1.807) is 47.0 Å². The van der Waals surface area contributed by atoms with E-state index in [-0.39, 0.29) is 5.78 Å². The maximum Gasteiger partial charge on any atom is 0.195 e. The molecule has 104 valence electrons. The second-order valence-corrected chi connectivity index (χ2v) is 5.18. The molecule has 0 bridgehead atoms. The molecule has 3 aromatic rings. The summed E-state index contributed by atoms with van der Waals surface area (Å²) in [5, 5.41) is 8.53. The predicted molar refractivity (Wildman–Crippen MR) is 81.3 cm³/mol. The van der Waals surface area contributed by atoms with Crippen LogP contribution in [-0.2, 0) is 0 Å². The summed E-state index contributed by atoms with van der Waals surface area (Å²) < 4.78 is 1.62. The summed E-state index contributed by atoms with van der Waals surface area (Å²) in [4.78, 5) is 12.7. The molecule has 0 N–H and O–H groups in total. The second-order valence-electron chi connectivity index (χ2n) is 4.34. The van der Waals surface area contributed by atoms with E-state index in [1.165, 1.54) is 12.7 Å². The Labute approximate surface area is 131 Å². The average Bonchev–Trinajstić information content (AvgIpc) is 3.01. The SMILES string of the molecule is O=C(c1ccc(Cl)cc1)c1cccc(Cl)c1-n1cnnc1. The maximum absolute atomic E-state index is 12.7. The zero-order valence-electron chi connectivity index (χ0n) is 10.7. The van der Waals surface area contributed by atoms with Gasteiger partial charge < -0.3 is 0 Å². The third-order valence-corrected chi connectivity index (χ3v) is 3.57. The van der Waals surface area contributed by atoms with Gasteiger partial charge >= 0.3 is 0 Å². The van der Waals surface area contributed by atoms with Gasteiger partial charge in [-0.2, -0.15) is 0 Å². The van der Waals surface area contributed by atoms with Gasteiger partial charge in [0.05, 0.1) is 10.7 Å². The van der Waals surface area contributed by atoms with Crippen LogP contribution in [0.1, 0.15) is 15.9 Å². The van der Waals surface area contributed by atoms with Crippen molar-refractivity contribution >= 4 is 29.0 Å². The number of carbonyl (C=O) groups is 1. The highest BCUT2D eigenvalue weighted by Crippen LogP contribution is 2.26. The maximum atomic E-state index is 12.7. The number of nitrogens with zero attached hydrogens (tertiary/aromatic N) is 3. The summed E-state index contributed by atoms with van der Waals surface area (Å²) in [6.45, 7) is 0. The van der Waals surface area contributed by atoms with Crippen LogP contribution in [0.3, 0.4) is 0 Å². The molecule has 0 aliphatic rings. The quantitative estimate of drug-likeness (QED) is 0.690. The largest absolute Gasteiger partial charge is 0.289 e. The molecule has 0 amide bonds. The van der Waals surface area contributed by atoms with Crippen LogP contribution < -0.4 is 0 Å². The lowest BCUT2D eigenvalue weighted by Crippen LogP contribution is -2.07. The molecular formula is C15H9Cl2N3O. The van der Waals surface area contributed by atoms with Crippen molar-refractivity contribution in [1.82, 2.24) is 14.8 Å². The highest BCUT2D eigenvalue weighted by Gasteiger charge is 2.17. The summed E-state index contributed by atoms with van der Waals surface area (Å²) in [6.07, 6.45) is 3.00. The van der Waals surface area contributed by atoms with Crippen LogP contribution in [0, 0.1) is 0 Å². The van der Waals surface area contributed by atoms with Crippen LogP contribution in [-0.4, -0.2) is 20.5 Å². The van der Waals surface area contributed by atoms with E-state index in [2.05, 4.69) is 10.2 Å². The van der Waals surface area contributed by atoms with Gasteiger partial charge in [-0.15, -0.1) is 10.2 Å². The van der Waals surface area contributed by atoms with E-state index in [1.807, 2.05) is 0 Å². The molecule has 1 heterocycles. The Morgan fingerprint density at radius 1 is 0.952 bits per heavy atom. The molecule has 0 spiro atoms. The van der Waals surface area contributed by atoms with E-state index in [4.69, 9.17) is 23.2 Å². The minimum absolute atomic E-state index is 0.141. The standard InChI is InChI=1S/C15H9Cl2N3O/c16-11-6-4-10(5-7-11)15(21)12-2-1-3-13(17)14(12)20-8-18-19-9-20/h1-9H. The van der Waals surface area contributed by atoms with Gasteiger partial charge in [-0.3, -0.25) is 9.36 Å². The molecule has 1 aromatic heterocycles. The van der Waals surface area contributed by atoms with Crippen LogP contribution in [0.2, 0.25) is 10.0 Å². The molecule has 4 nitrogen and oxygen atoms in total. The Hall–Kier alpha value is -2.17. The number of carbonyl (C=O) groups excluding carboxylic acids is 1. The number of para-hydroxylation sites is 1. The molecule has 6 heteroatoms. The summed E-state index contributed by atoms with van der Waals surface area (Å²) in [6, 6.07) is 11.9. The number of rotatable bonds is 3. The minimum Gasteiger partial charge on any atom is -0.289 e. The number of benzene rings is 2. The van der Waals surface area contributed by atoms with Crippen molar-refractivity contribution in [2.24, 2.45) is 0 Å². The van der Waals surface area contributed by atoms with E-state index in [9.17, 15) is 4.79 Å². The van der Waals surface area contributed by atoms with Gasteiger partial charge in [-0.05, 0) is 36.4 Å². The van der Waals surface area contributed by atoms with Gasteiger partial charge in [-0.25, -0.2) is 0 Å². The van der Waals surface area contributed by atoms with E-state index in [0.717, 1.165) is 0 Å². The van der Waals surface area contributed by atoms with E-state index >= 15 is 0 Å². The van der Waals surface area contributed by atoms with Crippen molar-refractivity contribution in [3.63, 3.8) is 0 Å². The van der Waals surface area contributed by atoms with Crippen molar-refractivity contribution in [1.29, 1.82) is 0 Å². The molecule has 0 fully saturated rings. The van der Waals surface area contributed by atoms with Crippen LogP contribution in [0.15, 0.2) is 55.1 Å². The molecule has 21 heavy (non-hydrogen) atoms. The van der Waals surface area contributed by atoms with Crippen LogP contribution in [0.5, 0.6) is 0 Å². The Balaban J connectivity index is 2.13. The van der Waals surface area contributed by atoms with Gasteiger partial charge in [0, 0.05) is 16.1 Å². The Kier molecular flexibility index (Phi) is 3.73. The fourth-order valence-corrected chi connectivity index (χ4v) is 2.43. The molecule has 0 radical (unpaired) electrons. The van der Waals surface area contributed by atoms with Gasteiger partial charge in [0.1, 0.15) is 12.7 Å². The van der Waals surface area contributed by atoms with Crippen LogP contribution >= 0.6 is 23.2 Å². The Morgan fingerprint density at radius 2 is 1.62 bits per heavy atom. The lowest BCUT2D eigenvalue weighted by molar-refractivity contribution is 0.103. The number of hydrogen-bond acceptors (Lipinski definition) is 3.